The zero-order valence-electron chi connectivity index (χ0n) is 10.6. The molecule has 2 aromatic rings. The van der Waals surface area contributed by atoms with Crippen molar-refractivity contribution < 1.29 is 0 Å². The van der Waals surface area contributed by atoms with E-state index in [0.717, 1.165) is 31.0 Å². The van der Waals surface area contributed by atoms with Gasteiger partial charge in [0.15, 0.2) is 0 Å². The second kappa shape index (κ2) is 5.14. The number of nitrogens with zero attached hydrogens (tertiary/aromatic N) is 3. The SMILES string of the molecule is CCn1ncc(CNCc2cc(C)[nH]n2)c1C. The Morgan fingerprint density at radius 3 is 2.76 bits per heavy atom. The number of aromatic amines is 1. The van der Waals surface area contributed by atoms with Crippen molar-refractivity contribution in [3.8, 4) is 0 Å². The minimum absolute atomic E-state index is 0.779. The van der Waals surface area contributed by atoms with Crippen LogP contribution >= 0.6 is 0 Å². The molecule has 0 aliphatic heterocycles. The Kier molecular flexibility index (Phi) is 3.58. The molecule has 5 nitrogen and oxygen atoms in total. The topological polar surface area (TPSA) is 58.5 Å². The number of hydrogen-bond acceptors (Lipinski definition) is 3. The van der Waals surface area contributed by atoms with Crippen LogP contribution in [0.3, 0.4) is 0 Å². The van der Waals surface area contributed by atoms with Crippen LogP contribution in [0.15, 0.2) is 12.3 Å². The Hall–Kier alpha value is -1.62. The molecule has 0 aliphatic rings. The number of aromatic nitrogens is 4. The minimum Gasteiger partial charge on any atom is -0.307 e. The number of aryl methyl sites for hydroxylation is 2. The maximum atomic E-state index is 4.32. The van der Waals surface area contributed by atoms with Crippen molar-refractivity contribution in [2.24, 2.45) is 0 Å². The van der Waals surface area contributed by atoms with E-state index in [1.807, 2.05) is 17.8 Å². The molecule has 2 aromatic heterocycles. The van der Waals surface area contributed by atoms with Crippen molar-refractivity contribution in [3.05, 3.63) is 34.9 Å². The van der Waals surface area contributed by atoms with Crippen LogP contribution in [0.25, 0.3) is 0 Å². The highest BCUT2D eigenvalue weighted by Gasteiger charge is 2.04. The van der Waals surface area contributed by atoms with Crippen molar-refractivity contribution in [1.82, 2.24) is 25.3 Å². The van der Waals surface area contributed by atoms with Crippen LogP contribution in [0.4, 0.5) is 0 Å². The molecule has 92 valence electrons. The first kappa shape index (κ1) is 11.9. The van der Waals surface area contributed by atoms with Crippen LogP contribution in [0.2, 0.25) is 0 Å². The summed E-state index contributed by atoms with van der Waals surface area (Å²) in [7, 11) is 0. The first-order chi connectivity index (χ1) is 8.20. The van der Waals surface area contributed by atoms with Crippen molar-refractivity contribution >= 4 is 0 Å². The fourth-order valence-corrected chi connectivity index (χ4v) is 1.87. The third kappa shape index (κ3) is 2.74. The number of H-pyrrole nitrogens is 1. The number of rotatable bonds is 5. The Labute approximate surface area is 101 Å². The fourth-order valence-electron chi connectivity index (χ4n) is 1.87. The van der Waals surface area contributed by atoms with E-state index < -0.39 is 0 Å². The molecule has 0 atom stereocenters. The van der Waals surface area contributed by atoms with Crippen LogP contribution in [0.5, 0.6) is 0 Å². The van der Waals surface area contributed by atoms with Gasteiger partial charge in [-0.1, -0.05) is 0 Å². The maximum Gasteiger partial charge on any atom is 0.0762 e. The van der Waals surface area contributed by atoms with Gasteiger partial charge in [-0.3, -0.25) is 9.78 Å². The van der Waals surface area contributed by atoms with Gasteiger partial charge in [0.25, 0.3) is 0 Å². The van der Waals surface area contributed by atoms with Crippen molar-refractivity contribution in [1.29, 1.82) is 0 Å². The van der Waals surface area contributed by atoms with E-state index in [9.17, 15) is 0 Å². The molecule has 17 heavy (non-hydrogen) atoms. The average molecular weight is 233 g/mol. The average Bonchev–Trinajstić information content (AvgIpc) is 2.87. The second-order valence-electron chi connectivity index (χ2n) is 4.22. The Balaban J connectivity index is 1.87. The Bertz CT molecular complexity index is 483. The Morgan fingerprint density at radius 2 is 2.18 bits per heavy atom. The highest BCUT2D eigenvalue weighted by Crippen LogP contribution is 2.07. The van der Waals surface area contributed by atoms with E-state index >= 15 is 0 Å². The first-order valence-electron chi connectivity index (χ1n) is 5.93. The summed E-state index contributed by atoms with van der Waals surface area (Å²) in [6.45, 7) is 8.74. The van der Waals surface area contributed by atoms with E-state index in [-0.39, 0.29) is 0 Å². The van der Waals surface area contributed by atoms with E-state index in [0.29, 0.717) is 0 Å². The largest absolute Gasteiger partial charge is 0.307 e. The van der Waals surface area contributed by atoms with Gasteiger partial charge in [-0.15, -0.1) is 0 Å². The van der Waals surface area contributed by atoms with Crippen molar-refractivity contribution in [2.45, 2.75) is 40.4 Å². The fraction of sp³-hybridized carbons (Fsp3) is 0.500. The maximum absolute atomic E-state index is 4.32. The van der Waals surface area contributed by atoms with Crippen LogP contribution in [0, 0.1) is 13.8 Å². The molecule has 0 aromatic carbocycles. The molecule has 0 bridgehead atoms. The molecule has 0 unspecified atom stereocenters. The summed E-state index contributed by atoms with van der Waals surface area (Å²) in [5.74, 6) is 0. The predicted molar refractivity (Wildman–Crippen MR) is 66.5 cm³/mol. The summed E-state index contributed by atoms with van der Waals surface area (Å²) >= 11 is 0. The first-order valence-corrected chi connectivity index (χ1v) is 5.93. The third-order valence-electron chi connectivity index (χ3n) is 2.88. The molecule has 2 N–H and O–H groups in total. The normalized spacial score (nSPS) is 11.0. The monoisotopic (exact) mass is 233 g/mol. The lowest BCUT2D eigenvalue weighted by Crippen LogP contribution is -2.13. The van der Waals surface area contributed by atoms with E-state index in [1.54, 1.807) is 0 Å². The molecule has 2 rings (SSSR count). The van der Waals surface area contributed by atoms with Crippen LogP contribution in [-0.2, 0) is 19.6 Å². The van der Waals surface area contributed by atoms with Crippen LogP contribution in [0.1, 0.15) is 29.6 Å². The summed E-state index contributed by atoms with van der Waals surface area (Å²) in [6, 6.07) is 2.05. The van der Waals surface area contributed by atoms with E-state index in [4.69, 9.17) is 0 Å². The zero-order chi connectivity index (χ0) is 12.3. The quantitative estimate of drug-likeness (QED) is 0.823. The summed E-state index contributed by atoms with van der Waals surface area (Å²) in [4.78, 5) is 0. The summed E-state index contributed by atoms with van der Waals surface area (Å²) in [6.07, 6.45) is 1.93. The third-order valence-corrected chi connectivity index (χ3v) is 2.88. The van der Waals surface area contributed by atoms with Gasteiger partial charge in [-0.25, -0.2) is 0 Å². The molecule has 0 saturated heterocycles. The van der Waals surface area contributed by atoms with Crippen molar-refractivity contribution in [3.63, 3.8) is 0 Å². The van der Waals surface area contributed by atoms with E-state index in [1.165, 1.54) is 11.3 Å². The molecule has 0 spiro atoms. The molecule has 0 amide bonds. The predicted octanol–water partition coefficient (Wildman–Crippen LogP) is 1.53. The molecule has 0 saturated carbocycles. The lowest BCUT2D eigenvalue weighted by Gasteiger charge is -2.03. The number of hydrogen-bond donors (Lipinski definition) is 2. The number of nitrogens with one attached hydrogen (secondary N) is 2. The highest BCUT2D eigenvalue weighted by atomic mass is 15.3. The summed E-state index contributed by atoms with van der Waals surface area (Å²) in [5.41, 5.74) is 4.62. The second-order valence-corrected chi connectivity index (χ2v) is 4.22. The molecule has 0 fully saturated rings. The highest BCUT2D eigenvalue weighted by molar-refractivity contribution is 5.16. The molecular weight excluding hydrogens is 214 g/mol. The summed E-state index contributed by atoms with van der Waals surface area (Å²) in [5, 5.41) is 14.8. The van der Waals surface area contributed by atoms with Crippen LogP contribution in [-0.4, -0.2) is 20.0 Å². The van der Waals surface area contributed by atoms with E-state index in [2.05, 4.69) is 40.5 Å². The van der Waals surface area contributed by atoms with Gasteiger partial charge in [-0.05, 0) is 26.8 Å². The standard InChI is InChI=1S/C12H19N5/c1-4-17-10(3)11(7-14-17)6-13-8-12-5-9(2)15-16-12/h5,7,13H,4,6,8H2,1-3H3,(H,15,16). The zero-order valence-corrected chi connectivity index (χ0v) is 10.6. The molecule has 0 radical (unpaired) electrons. The van der Waals surface area contributed by atoms with Gasteiger partial charge in [0.1, 0.15) is 0 Å². The van der Waals surface area contributed by atoms with Gasteiger partial charge >= 0.3 is 0 Å². The smallest absolute Gasteiger partial charge is 0.0762 e. The lowest BCUT2D eigenvalue weighted by atomic mass is 10.2. The van der Waals surface area contributed by atoms with Gasteiger partial charge in [-0.2, -0.15) is 10.2 Å². The van der Waals surface area contributed by atoms with Gasteiger partial charge < -0.3 is 5.32 Å². The van der Waals surface area contributed by atoms with Crippen LogP contribution < -0.4 is 5.32 Å². The van der Waals surface area contributed by atoms with Crippen molar-refractivity contribution in [2.75, 3.05) is 0 Å². The minimum atomic E-state index is 0.779. The van der Waals surface area contributed by atoms with Gasteiger partial charge in [0.05, 0.1) is 11.9 Å². The van der Waals surface area contributed by atoms with Gasteiger partial charge in [0, 0.05) is 36.6 Å². The Morgan fingerprint density at radius 1 is 1.35 bits per heavy atom. The summed E-state index contributed by atoms with van der Waals surface area (Å²) < 4.78 is 2.01. The molecule has 0 aliphatic carbocycles. The molecule has 2 heterocycles. The molecule has 5 heteroatoms. The lowest BCUT2D eigenvalue weighted by molar-refractivity contribution is 0.632. The molecular formula is C12H19N5. The van der Waals surface area contributed by atoms with Gasteiger partial charge in [0.2, 0.25) is 0 Å².